The van der Waals surface area contributed by atoms with E-state index in [1.165, 1.54) is 23.3 Å². The van der Waals surface area contributed by atoms with Gasteiger partial charge in [-0.2, -0.15) is 0 Å². The number of hydrogen-bond acceptors (Lipinski definition) is 4. The summed E-state index contributed by atoms with van der Waals surface area (Å²) in [5.41, 5.74) is 2.94. The number of benzene rings is 2. The summed E-state index contributed by atoms with van der Waals surface area (Å²) in [4.78, 5) is 14.4. The Kier molecular flexibility index (Phi) is 7.64. The standard InChI is InChI=1S/C23H30BFN2O3/c1-16(2)26-15-17-4-3-5-19(12-17)18-8-10-27(11-9-18)23(28)13-20-6-7-21(24(29)30)14-22(20)25/h3-7,12,14,16,18,26,29-30H,8-11,13,15H2,1-2H3. The minimum Gasteiger partial charge on any atom is -0.423 e. The molecule has 1 amide bonds. The summed E-state index contributed by atoms with van der Waals surface area (Å²) < 4.78 is 14.2. The van der Waals surface area contributed by atoms with Crippen LogP contribution in [0.3, 0.4) is 0 Å². The van der Waals surface area contributed by atoms with Gasteiger partial charge in [-0.05, 0) is 47.0 Å². The number of likely N-dealkylation sites (tertiary alicyclic amines) is 1. The first-order valence-electron chi connectivity index (χ1n) is 10.6. The van der Waals surface area contributed by atoms with Gasteiger partial charge in [0.05, 0.1) is 6.42 Å². The fourth-order valence-corrected chi connectivity index (χ4v) is 3.88. The highest BCUT2D eigenvalue weighted by atomic mass is 19.1. The van der Waals surface area contributed by atoms with E-state index in [1.807, 2.05) is 0 Å². The third-order valence-electron chi connectivity index (χ3n) is 5.70. The number of nitrogens with zero attached hydrogens (tertiary/aromatic N) is 1. The van der Waals surface area contributed by atoms with Crippen LogP contribution in [0.2, 0.25) is 0 Å². The second kappa shape index (κ2) is 10.2. The summed E-state index contributed by atoms with van der Waals surface area (Å²) >= 11 is 0. The number of piperidine rings is 1. The molecule has 0 unspecified atom stereocenters. The second-order valence-corrected chi connectivity index (χ2v) is 8.34. The molecule has 3 rings (SSSR count). The third-order valence-corrected chi connectivity index (χ3v) is 5.70. The van der Waals surface area contributed by atoms with Gasteiger partial charge in [0, 0.05) is 25.7 Å². The molecule has 0 spiro atoms. The predicted molar refractivity (Wildman–Crippen MR) is 117 cm³/mol. The molecule has 2 aromatic rings. The summed E-state index contributed by atoms with van der Waals surface area (Å²) in [5, 5.41) is 21.7. The van der Waals surface area contributed by atoms with Crippen molar-refractivity contribution in [2.75, 3.05) is 13.1 Å². The molecule has 3 N–H and O–H groups in total. The Morgan fingerprint density at radius 2 is 1.93 bits per heavy atom. The van der Waals surface area contributed by atoms with Gasteiger partial charge in [-0.15, -0.1) is 0 Å². The maximum atomic E-state index is 14.2. The van der Waals surface area contributed by atoms with Crippen molar-refractivity contribution in [1.82, 2.24) is 10.2 Å². The highest BCUT2D eigenvalue weighted by Gasteiger charge is 2.25. The molecule has 0 bridgehead atoms. The molecule has 30 heavy (non-hydrogen) atoms. The first-order chi connectivity index (χ1) is 14.3. The molecule has 0 saturated carbocycles. The monoisotopic (exact) mass is 412 g/mol. The van der Waals surface area contributed by atoms with Gasteiger partial charge < -0.3 is 20.3 Å². The molecule has 1 heterocycles. The molecule has 1 aliphatic heterocycles. The predicted octanol–water partition coefficient (Wildman–Crippen LogP) is 1.95. The summed E-state index contributed by atoms with van der Waals surface area (Å²) in [6.07, 6.45) is 1.77. The molecule has 0 aliphatic carbocycles. The van der Waals surface area contributed by atoms with Crippen LogP contribution in [0, 0.1) is 5.82 Å². The average Bonchev–Trinajstić information content (AvgIpc) is 2.74. The highest BCUT2D eigenvalue weighted by Crippen LogP contribution is 2.29. The van der Waals surface area contributed by atoms with Crippen LogP contribution in [-0.2, 0) is 17.8 Å². The van der Waals surface area contributed by atoms with E-state index < -0.39 is 12.9 Å². The van der Waals surface area contributed by atoms with E-state index in [2.05, 4.69) is 43.4 Å². The normalized spacial score (nSPS) is 14.9. The fourth-order valence-electron chi connectivity index (χ4n) is 3.88. The Bertz CT molecular complexity index is 867. The van der Waals surface area contributed by atoms with Crippen LogP contribution in [0.1, 0.15) is 49.3 Å². The van der Waals surface area contributed by atoms with Crippen LogP contribution in [0.25, 0.3) is 0 Å². The van der Waals surface area contributed by atoms with Gasteiger partial charge >= 0.3 is 7.12 Å². The van der Waals surface area contributed by atoms with Crippen LogP contribution in [0.5, 0.6) is 0 Å². The topological polar surface area (TPSA) is 72.8 Å². The zero-order chi connectivity index (χ0) is 21.7. The Morgan fingerprint density at radius 3 is 2.57 bits per heavy atom. The van der Waals surface area contributed by atoms with Crippen molar-refractivity contribution in [3.63, 3.8) is 0 Å². The minimum absolute atomic E-state index is 0.0192. The van der Waals surface area contributed by atoms with Gasteiger partial charge in [0.2, 0.25) is 5.91 Å². The third kappa shape index (κ3) is 5.91. The molecule has 7 heteroatoms. The van der Waals surface area contributed by atoms with E-state index in [-0.39, 0.29) is 23.4 Å². The SMILES string of the molecule is CC(C)NCc1cccc(C2CCN(C(=O)Cc3ccc(B(O)O)cc3F)CC2)c1. The van der Waals surface area contributed by atoms with E-state index in [1.54, 1.807) is 4.90 Å². The molecule has 1 aliphatic rings. The van der Waals surface area contributed by atoms with Crippen LogP contribution in [-0.4, -0.2) is 47.1 Å². The number of nitrogens with one attached hydrogen (secondary N) is 1. The molecule has 0 atom stereocenters. The molecule has 1 fully saturated rings. The van der Waals surface area contributed by atoms with Crippen molar-refractivity contribution in [3.8, 4) is 0 Å². The smallest absolute Gasteiger partial charge is 0.423 e. The largest absolute Gasteiger partial charge is 0.488 e. The van der Waals surface area contributed by atoms with E-state index in [0.717, 1.165) is 25.5 Å². The minimum atomic E-state index is -1.72. The Labute approximate surface area is 178 Å². The molecular formula is C23H30BFN2O3. The summed E-state index contributed by atoms with van der Waals surface area (Å²) in [5.74, 6) is -0.259. The van der Waals surface area contributed by atoms with E-state index in [9.17, 15) is 9.18 Å². The van der Waals surface area contributed by atoms with Gasteiger partial charge in [-0.25, -0.2) is 4.39 Å². The number of hydrogen-bond donors (Lipinski definition) is 3. The van der Waals surface area contributed by atoms with Crippen molar-refractivity contribution in [2.24, 2.45) is 0 Å². The number of amides is 1. The lowest BCUT2D eigenvalue weighted by molar-refractivity contribution is -0.131. The maximum Gasteiger partial charge on any atom is 0.488 e. The zero-order valence-electron chi connectivity index (χ0n) is 17.6. The lowest BCUT2D eigenvalue weighted by Gasteiger charge is -2.32. The molecule has 5 nitrogen and oxygen atoms in total. The summed E-state index contributed by atoms with van der Waals surface area (Å²) in [6.45, 7) is 6.43. The van der Waals surface area contributed by atoms with Crippen molar-refractivity contribution >= 4 is 18.5 Å². The highest BCUT2D eigenvalue weighted by molar-refractivity contribution is 6.58. The fraction of sp³-hybridized carbons (Fsp3) is 0.435. The van der Waals surface area contributed by atoms with E-state index >= 15 is 0 Å². The molecule has 1 saturated heterocycles. The quantitative estimate of drug-likeness (QED) is 0.608. The van der Waals surface area contributed by atoms with Crippen molar-refractivity contribution < 1.29 is 19.2 Å². The lowest BCUT2D eigenvalue weighted by Crippen LogP contribution is -2.39. The molecule has 0 aromatic heterocycles. The first-order valence-corrected chi connectivity index (χ1v) is 10.6. The van der Waals surface area contributed by atoms with Crippen molar-refractivity contribution in [3.05, 3.63) is 65.0 Å². The molecule has 2 aromatic carbocycles. The first kappa shape index (κ1) is 22.5. The lowest BCUT2D eigenvalue weighted by atomic mass is 9.80. The molecule has 0 radical (unpaired) electrons. The van der Waals surface area contributed by atoms with E-state index in [0.29, 0.717) is 25.0 Å². The Morgan fingerprint density at radius 1 is 1.20 bits per heavy atom. The molecular weight excluding hydrogens is 382 g/mol. The van der Waals surface area contributed by atoms with Crippen molar-refractivity contribution in [2.45, 2.75) is 51.6 Å². The van der Waals surface area contributed by atoms with Gasteiger partial charge in [-0.1, -0.05) is 50.2 Å². The maximum absolute atomic E-state index is 14.2. The zero-order valence-corrected chi connectivity index (χ0v) is 17.6. The number of carbonyl (C=O) groups is 1. The Hall–Kier alpha value is -2.22. The number of rotatable bonds is 7. The van der Waals surface area contributed by atoms with Crippen LogP contribution in [0.4, 0.5) is 4.39 Å². The van der Waals surface area contributed by atoms with Crippen LogP contribution in [0.15, 0.2) is 42.5 Å². The molecule has 160 valence electrons. The van der Waals surface area contributed by atoms with Gasteiger partial charge in [0.1, 0.15) is 5.82 Å². The second-order valence-electron chi connectivity index (χ2n) is 8.34. The average molecular weight is 412 g/mol. The van der Waals surface area contributed by atoms with E-state index in [4.69, 9.17) is 10.0 Å². The number of carbonyl (C=O) groups excluding carboxylic acids is 1. The van der Waals surface area contributed by atoms with Gasteiger partial charge in [0.15, 0.2) is 0 Å². The van der Waals surface area contributed by atoms with Crippen molar-refractivity contribution in [1.29, 1.82) is 0 Å². The van der Waals surface area contributed by atoms with Crippen LogP contribution < -0.4 is 10.8 Å². The summed E-state index contributed by atoms with van der Waals surface area (Å²) in [6, 6.07) is 13.0. The van der Waals surface area contributed by atoms with Crippen LogP contribution >= 0.6 is 0 Å². The number of halogens is 1. The van der Waals surface area contributed by atoms with Gasteiger partial charge in [0.25, 0.3) is 0 Å². The Balaban J connectivity index is 1.55. The summed E-state index contributed by atoms with van der Waals surface area (Å²) in [7, 11) is -1.72. The van der Waals surface area contributed by atoms with Gasteiger partial charge in [-0.3, -0.25) is 4.79 Å².